The van der Waals surface area contributed by atoms with Crippen molar-refractivity contribution in [3.05, 3.63) is 90.0 Å². The van der Waals surface area contributed by atoms with Crippen LogP contribution in [0.1, 0.15) is 47.2 Å². The van der Waals surface area contributed by atoms with Crippen LogP contribution >= 0.6 is 0 Å². The van der Waals surface area contributed by atoms with Gasteiger partial charge in [-0.1, -0.05) is 42.2 Å². The number of hydrogen-bond acceptors (Lipinski definition) is 6. The van der Waals surface area contributed by atoms with E-state index in [1.165, 1.54) is 7.11 Å². The van der Waals surface area contributed by atoms with Crippen LogP contribution in [0.4, 0.5) is 0 Å². The molecule has 9 heteroatoms. The molecule has 2 aromatic carbocycles. The summed E-state index contributed by atoms with van der Waals surface area (Å²) in [5, 5.41) is 12.2. The average Bonchev–Trinajstić information content (AvgIpc) is 3.48. The van der Waals surface area contributed by atoms with Crippen LogP contribution in [0.25, 0.3) is 0 Å². The molecule has 1 heterocycles. The number of benzene rings is 2. The molecule has 0 aliphatic rings. The number of rotatable bonds is 15. The monoisotopic (exact) mass is 532 g/mol. The van der Waals surface area contributed by atoms with E-state index < -0.39 is 17.9 Å². The maximum atomic E-state index is 13.0. The number of amides is 2. The fraction of sp³-hybridized carbons (Fsp3) is 0.367. The first kappa shape index (κ1) is 29.6. The van der Waals surface area contributed by atoms with E-state index in [1.54, 1.807) is 23.8 Å². The number of carbonyl (C=O) groups excluding carboxylic acids is 2. The van der Waals surface area contributed by atoms with E-state index in [0.29, 0.717) is 12.0 Å². The fourth-order valence-electron chi connectivity index (χ4n) is 4.12. The van der Waals surface area contributed by atoms with Crippen molar-refractivity contribution in [2.24, 2.45) is 5.92 Å². The summed E-state index contributed by atoms with van der Waals surface area (Å²) in [5.74, 6) is 4.95. The van der Waals surface area contributed by atoms with Gasteiger partial charge in [-0.2, -0.15) is 0 Å². The van der Waals surface area contributed by atoms with Gasteiger partial charge in [0.2, 0.25) is 5.91 Å². The molecule has 0 saturated carbocycles. The van der Waals surface area contributed by atoms with Crippen LogP contribution in [0.3, 0.4) is 0 Å². The molecule has 0 unspecified atom stereocenters. The lowest BCUT2D eigenvalue weighted by atomic mass is 9.92. The van der Waals surface area contributed by atoms with Crippen molar-refractivity contribution < 1.29 is 24.3 Å². The molecule has 0 fully saturated rings. The lowest BCUT2D eigenvalue weighted by Gasteiger charge is -2.23. The van der Waals surface area contributed by atoms with Gasteiger partial charge in [-0.05, 0) is 55.5 Å². The minimum Gasteiger partial charge on any atom is -0.359 e. The molecule has 1 aromatic heterocycles. The van der Waals surface area contributed by atoms with E-state index >= 15 is 0 Å². The van der Waals surface area contributed by atoms with Crippen LogP contribution in [-0.2, 0) is 27.2 Å². The molecule has 3 N–H and O–H groups in total. The smallest absolute Gasteiger partial charge is 0.251 e. The lowest BCUT2D eigenvalue weighted by molar-refractivity contribution is -0.134. The number of hydroxylamine groups is 1. The third-order valence-electron chi connectivity index (χ3n) is 6.14. The summed E-state index contributed by atoms with van der Waals surface area (Å²) in [7, 11) is 1.51. The normalized spacial score (nSPS) is 12.2. The van der Waals surface area contributed by atoms with Crippen molar-refractivity contribution in [3.63, 3.8) is 0 Å². The molecular formula is C30H36N4O5. The van der Waals surface area contributed by atoms with E-state index in [4.69, 9.17) is 9.47 Å². The SMILES string of the molecule is COCOC[C@H](C[C@H](Cc1ccccc1)C(=O)NO)NC(=O)c1ccc(C#CCCCCn2ccnc2)cc1. The van der Waals surface area contributed by atoms with E-state index in [0.717, 1.165) is 36.9 Å². The number of nitrogens with one attached hydrogen (secondary N) is 2. The van der Waals surface area contributed by atoms with Crippen molar-refractivity contribution in [1.29, 1.82) is 0 Å². The maximum absolute atomic E-state index is 13.0. The highest BCUT2D eigenvalue weighted by Crippen LogP contribution is 2.16. The number of unbranched alkanes of at least 4 members (excludes halogenated alkanes) is 2. The van der Waals surface area contributed by atoms with Crippen molar-refractivity contribution in [2.45, 2.75) is 44.7 Å². The second kappa shape index (κ2) is 16.8. The van der Waals surface area contributed by atoms with Gasteiger partial charge in [0.25, 0.3) is 5.91 Å². The van der Waals surface area contributed by atoms with Crippen LogP contribution in [0, 0.1) is 17.8 Å². The maximum Gasteiger partial charge on any atom is 0.251 e. The summed E-state index contributed by atoms with van der Waals surface area (Å²) in [6, 6.07) is 16.1. The Morgan fingerprint density at radius 1 is 1.10 bits per heavy atom. The molecule has 0 spiro atoms. The van der Waals surface area contributed by atoms with Crippen LogP contribution in [0.2, 0.25) is 0 Å². The van der Waals surface area contributed by atoms with Gasteiger partial charge in [-0.15, -0.1) is 0 Å². The van der Waals surface area contributed by atoms with E-state index in [1.807, 2.05) is 55.0 Å². The Morgan fingerprint density at radius 3 is 2.59 bits per heavy atom. The van der Waals surface area contributed by atoms with Crippen LogP contribution in [0.15, 0.2) is 73.3 Å². The van der Waals surface area contributed by atoms with Crippen molar-refractivity contribution >= 4 is 11.8 Å². The number of ether oxygens (including phenoxy) is 2. The summed E-state index contributed by atoms with van der Waals surface area (Å²) >= 11 is 0. The molecule has 0 aliphatic heterocycles. The van der Waals surface area contributed by atoms with Gasteiger partial charge in [-0.3, -0.25) is 14.8 Å². The van der Waals surface area contributed by atoms with Gasteiger partial charge in [0, 0.05) is 49.5 Å². The highest BCUT2D eigenvalue weighted by Gasteiger charge is 2.25. The number of nitrogens with zero attached hydrogens (tertiary/aromatic N) is 2. The topological polar surface area (TPSA) is 115 Å². The first-order valence-corrected chi connectivity index (χ1v) is 13.0. The zero-order valence-corrected chi connectivity index (χ0v) is 22.2. The molecule has 0 saturated heterocycles. The number of imidazole rings is 1. The van der Waals surface area contributed by atoms with E-state index in [-0.39, 0.29) is 25.7 Å². The van der Waals surface area contributed by atoms with Gasteiger partial charge >= 0.3 is 0 Å². The Labute approximate surface area is 229 Å². The van der Waals surface area contributed by atoms with Gasteiger partial charge in [0.15, 0.2) is 0 Å². The zero-order valence-electron chi connectivity index (χ0n) is 22.2. The summed E-state index contributed by atoms with van der Waals surface area (Å²) in [5.41, 5.74) is 4.01. The van der Waals surface area contributed by atoms with E-state index in [9.17, 15) is 14.8 Å². The van der Waals surface area contributed by atoms with Gasteiger partial charge < -0.3 is 19.4 Å². The molecule has 206 valence electrons. The summed E-state index contributed by atoms with van der Waals surface area (Å²) < 4.78 is 12.5. The highest BCUT2D eigenvalue weighted by atomic mass is 16.7. The van der Waals surface area contributed by atoms with Crippen LogP contribution in [0.5, 0.6) is 0 Å². The minimum absolute atomic E-state index is 0.0544. The molecular weight excluding hydrogens is 496 g/mol. The van der Waals surface area contributed by atoms with Crippen molar-refractivity contribution in [3.8, 4) is 11.8 Å². The molecule has 0 bridgehead atoms. The second-order valence-electron chi connectivity index (χ2n) is 9.18. The average molecular weight is 533 g/mol. The van der Waals surface area contributed by atoms with Crippen LogP contribution in [-0.4, -0.2) is 53.1 Å². The number of aryl methyl sites for hydroxylation is 1. The molecule has 0 aliphatic carbocycles. The Morgan fingerprint density at radius 2 is 1.90 bits per heavy atom. The Balaban J connectivity index is 1.56. The molecule has 0 radical (unpaired) electrons. The lowest BCUT2D eigenvalue weighted by Crippen LogP contribution is -2.42. The quantitative estimate of drug-likeness (QED) is 0.0906. The van der Waals surface area contributed by atoms with Gasteiger partial charge in [-0.25, -0.2) is 10.5 Å². The second-order valence-corrected chi connectivity index (χ2v) is 9.18. The predicted octanol–water partition coefficient (Wildman–Crippen LogP) is 3.58. The third-order valence-corrected chi connectivity index (χ3v) is 6.14. The van der Waals surface area contributed by atoms with Crippen molar-refractivity contribution in [1.82, 2.24) is 20.3 Å². The first-order valence-electron chi connectivity index (χ1n) is 13.0. The Hall–Kier alpha value is -3.97. The zero-order chi connectivity index (χ0) is 27.7. The number of aromatic nitrogens is 2. The van der Waals surface area contributed by atoms with Crippen molar-refractivity contribution in [2.75, 3.05) is 20.5 Å². The highest BCUT2D eigenvalue weighted by molar-refractivity contribution is 5.94. The largest absolute Gasteiger partial charge is 0.359 e. The molecule has 2 amide bonds. The molecule has 3 aromatic rings. The number of carbonyl (C=O) groups is 2. The first-order chi connectivity index (χ1) is 19.1. The van der Waals surface area contributed by atoms with Gasteiger partial charge in [0.05, 0.1) is 19.0 Å². The molecule has 2 atom stereocenters. The molecule has 39 heavy (non-hydrogen) atoms. The molecule has 3 rings (SSSR count). The number of methoxy groups -OCH3 is 1. The van der Waals surface area contributed by atoms with E-state index in [2.05, 4.69) is 26.7 Å². The fourth-order valence-corrected chi connectivity index (χ4v) is 4.12. The standard InChI is InChI=1S/C30H36N4O5/c1-38-23-39-21-28(20-27(30(36)33-37)19-25-10-6-4-7-11-25)32-29(35)26-14-12-24(13-15-26)9-5-2-3-8-17-34-18-16-31-22-34/h4,6-7,10-16,18,22,27-28,37H,2-3,8,17,19-21,23H2,1H3,(H,32,35)(H,33,36)/t27-,28-/m0/s1. The summed E-state index contributed by atoms with van der Waals surface area (Å²) in [6.45, 7) is 1.13. The predicted molar refractivity (Wildman–Crippen MR) is 147 cm³/mol. The third kappa shape index (κ3) is 10.7. The number of hydrogen-bond donors (Lipinski definition) is 3. The molecule has 9 nitrogen and oxygen atoms in total. The Kier molecular flexibility index (Phi) is 12.7. The summed E-state index contributed by atoms with van der Waals surface area (Å²) in [4.78, 5) is 29.5. The minimum atomic E-state index is -0.577. The Bertz CT molecular complexity index is 1190. The van der Waals surface area contributed by atoms with Gasteiger partial charge in [0.1, 0.15) is 6.79 Å². The van der Waals surface area contributed by atoms with Crippen LogP contribution < -0.4 is 10.8 Å². The summed E-state index contributed by atoms with van der Waals surface area (Å²) in [6.07, 6.45) is 9.04.